The second kappa shape index (κ2) is 10.3. The minimum Gasteiger partial charge on any atom is -0.464 e. The predicted octanol–water partition coefficient (Wildman–Crippen LogP) is 3.87. The maximum Gasteiger partial charge on any atom is 0.273 e. The minimum atomic E-state index is -1.10. The van der Waals surface area contributed by atoms with E-state index in [-0.39, 0.29) is 28.2 Å². The first kappa shape index (κ1) is 24.5. The number of hydrogen-bond acceptors (Lipinski definition) is 7. The number of nitrogen functional groups attached to an aromatic ring is 1. The zero-order valence-electron chi connectivity index (χ0n) is 19.7. The summed E-state index contributed by atoms with van der Waals surface area (Å²) in [6, 6.07) is 9.63. The van der Waals surface area contributed by atoms with E-state index in [1.807, 2.05) is 13.0 Å². The number of amides is 3. The topological polar surface area (TPSA) is 145 Å². The van der Waals surface area contributed by atoms with Crippen molar-refractivity contribution in [1.29, 1.82) is 0 Å². The van der Waals surface area contributed by atoms with Crippen molar-refractivity contribution in [3.8, 4) is 0 Å². The molecule has 0 saturated heterocycles. The average molecular weight is 496 g/mol. The maximum atomic E-state index is 14.0. The van der Waals surface area contributed by atoms with Crippen molar-refractivity contribution in [2.24, 2.45) is 5.73 Å². The summed E-state index contributed by atoms with van der Waals surface area (Å²) in [7, 11) is 0. The molecular weight excluding hydrogens is 466 g/mol. The van der Waals surface area contributed by atoms with Crippen molar-refractivity contribution in [1.82, 2.24) is 9.69 Å². The smallest absolute Gasteiger partial charge is 0.273 e. The monoisotopic (exact) mass is 495 g/mol. The Bertz CT molecular complexity index is 1240. The molecule has 9 nitrogen and oxygen atoms in total. The summed E-state index contributed by atoms with van der Waals surface area (Å²) in [6.45, 7) is 3.67. The van der Waals surface area contributed by atoms with Crippen LogP contribution >= 0.6 is 11.5 Å². The molecule has 0 spiro atoms. The van der Waals surface area contributed by atoms with Crippen molar-refractivity contribution in [2.75, 3.05) is 10.6 Å². The highest BCUT2D eigenvalue weighted by Crippen LogP contribution is 2.34. The molecule has 1 fully saturated rings. The van der Waals surface area contributed by atoms with Gasteiger partial charge in [-0.1, -0.05) is 31.4 Å². The summed E-state index contributed by atoms with van der Waals surface area (Å²) < 4.78 is 9.85. The van der Waals surface area contributed by atoms with Crippen molar-refractivity contribution in [2.45, 2.75) is 58.0 Å². The van der Waals surface area contributed by atoms with Crippen molar-refractivity contribution in [3.63, 3.8) is 0 Å². The molecule has 1 aliphatic carbocycles. The molecule has 1 aromatic carbocycles. The molecule has 1 aliphatic rings. The third kappa shape index (κ3) is 5.22. The average Bonchev–Trinajstić information content (AvgIpc) is 3.42. The predicted molar refractivity (Wildman–Crippen MR) is 134 cm³/mol. The molecule has 3 amide bonds. The summed E-state index contributed by atoms with van der Waals surface area (Å²) in [5.41, 5.74) is 12.6. The first-order valence-electron chi connectivity index (χ1n) is 11.6. The Morgan fingerprint density at radius 3 is 2.49 bits per heavy atom. The van der Waals surface area contributed by atoms with Crippen LogP contribution in [0.1, 0.15) is 75.4 Å². The van der Waals surface area contributed by atoms with E-state index in [2.05, 4.69) is 9.69 Å². The summed E-state index contributed by atoms with van der Waals surface area (Å²) in [6.07, 6.45) is 5.01. The zero-order chi connectivity index (χ0) is 25.1. The third-order valence-corrected chi connectivity index (χ3v) is 6.99. The molecule has 0 bridgehead atoms. The number of anilines is 2. The number of nitrogens with two attached hydrogens (primary N) is 2. The van der Waals surface area contributed by atoms with E-state index in [1.165, 1.54) is 4.90 Å². The van der Waals surface area contributed by atoms with Gasteiger partial charge < -0.3 is 21.2 Å². The van der Waals surface area contributed by atoms with Crippen LogP contribution in [0.4, 0.5) is 11.4 Å². The first-order valence-corrected chi connectivity index (χ1v) is 12.4. The Morgan fingerprint density at radius 1 is 1.14 bits per heavy atom. The number of primary amides is 1. The van der Waals surface area contributed by atoms with Crippen molar-refractivity contribution in [3.05, 3.63) is 64.1 Å². The quantitative estimate of drug-likeness (QED) is 0.454. The van der Waals surface area contributed by atoms with Crippen LogP contribution in [-0.2, 0) is 4.79 Å². The van der Waals surface area contributed by atoms with Crippen LogP contribution in [0.25, 0.3) is 0 Å². The highest BCUT2D eigenvalue weighted by Gasteiger charge is 2.38. The largest absolute Gasteiger partial charge is 0.464 e. The molecule has 2 aromatic heterocycles. The number of furan rings is 1. The third-order valence-electron chi connectivity index (χ3n) is 6.14. The van der Waals surface area contributed by atoms with Gasteiger partial charge in [0.2, 0.25) is 0 Å². The molecule has 184 valence electrons. The van der Waals surface area contributed by atoms with Crippen LogP contribution in [0.2, 0.25) is 0 Å². The van der Waals surface area contributed by atoms with Crippen LogP contribution in [0.3, 0.4) is 0 Å². The fourth-order valence-corrected chi connectivity index (χ4v) is 5.14. The number of hydrogen-bond donors (Lipinski definition) is 3. The first-order chi connectivity index (χ1) is 16.8. The van der Waals surface area contributed by atoms with Gasteiger partial charge in [-0.2, -0.15) is 4.37 Å². The van der Waals surface area contributed by atoms with Crippen LogP contribution in [0.5, 0.6) is 0 Å². The standard InChI is InChI=1S/C25H29N5O4S/c1-14-7-6-10-17(13-14)30(25(33)22-19(26)20(23(27)31)29-35-22)21(18-12-11-15(2)34-18)24(32)28-16-8-4-3-5-9-16/h6-7,10-13,16,21H,3-5,8-9,26H2,1-2H3,(H2,27,31)(H,28,32). The fourth-order valence-electron chi connectivity index (χ4n) is 4.40. The molecule has 5 N–H and O–H groups in total. The number of aromatic nitrogens is 1. The number of aryl methyl sites for hydroxylation is 2. The minimum absolute atomic E-state index is 0.0269. The van der Waals surface area contributed by atoms with Gasteiger partial charge in [0.1, 0.15) is 16.4 Å². The van der Waals surface area contributed by atoms with Crippen LogP contribution in [0, 0.1) is 13.8 Å². The molecule has 1 atom stereocenters. The second-order valence-electron chi connectivity index (χ2n) is 8.85. The van der Waals surface area contributed by atoms with E-state index < -0.39 is 17.9 Å². The zero-order valence-corrected chi connectivity index (χ0v) is 20.6. The number of carbonyl (C=O) groups excluding carboxylic acids is 3. The summed E-state index contributed by atoms with van der Waals surface area (Å²) in [5, 5.41) is 3.13. The molecule has 1 unspecified atom stereocenters. The molecule has 0 radical (unpaired) electrons. The Hall–Kier alpha value is -3.66. The van der Waals surface area contributed by atoms with Gasteiger partial charge in [-0.25, -0.2) is 0 Å². The summed E-state index contributed by atoms with van der Waals surface area (Å²) >= 11 is 0.776. The van der Waals surface area contributed by atoms with Crippen molar-refractivity contribution < 1.29 is 18.8 Å². The van der Waals surface area contributed by atoms with Gasteiger partial charge in [0.25, 0.3) is 17.7 Å². The van der Waals surface area contributed by atoms with Gasteiger partial charge in [0.05, 0.1) is 5.69 Å². The molecule has 0 aliphatic heterocycles. The van der Waals surface area contributed by atoms with Gasteiger partial charge in [-0.05, 0) is 68.1 Å². The molecule has 2 heterocycles. The lowest BCUT2D eigenvalue weighted by Gasteiger charge is -2.32. The lowest BCUT2D eigenvalue weighted by atomic mass is 9.95. The van der Waals surface area contributed by atoms with Gasteiger partial charge >= 0.3 is 0 Å². The second-order valence-corrected chi connectivity index (χ2v) is 9.62. The number of nitrogens with one attached hydrogen (secondary N) is 1. The van der Waals surface area contributed by atoms with Crippen LogP contribution in [0.15, 0.2) is 40.8 Å². The Morgan fingerprint density at radius 2 is 1.89 bits per heavy atom. The number of carbonyl (C=O) groups is 3. The van der Waals surface area contributed by atoms with Gasteiger partial charge in [0, 0.05) is 11.7 Å². The highest BCUT2D eigenvalue weighted by atomic mass is 32.1. The van der Waals surface area contributed by atoms with Crippen molar-refractivity contribution >= 4 is 40.6 Å². The summed E-state index contributed by atoms with van der Waals surface area (Å²) in [5.74, 6) is -0.812. The number of benzene rings is 1. The van der Waals surface area contributed by atoms with E-state index in [0.717, 1.165) is 49.2 Å². The van der Waals surface area contributed by atoms with E-state index in [4.69, 9.17) is 15.9 Å². The summed E-state index contributed by atoms with van der Waals surface area (Å²) in [4.78, 5) is 40.8. The van der Waals surface area contributed by atoms with E-state index in [0.29, 0.717) is 17.2 Å². The number of nitrogens with zero attached hydrogens (tertiary/aromatic N) is 2. The maximum absolute atomic E-state index is 14.0. The van der Waals surface area contributed by atoms with Gasteiger partial charge in [-0.15, -0.1) is 0 Å². The molecule has 3 aromatic rings. The highest BCUT2D eigenvalue weighted by molar-refractivity contribution is 7.09. The molecule has 1 saturated carbocycles. The Balaban J connectivity index is 1.82. The fraction of sp³-hybridized carbons (Fsp3) is 0.360. The van der Waals surface area contributed by atoms with Gasteiger partial charge in [0.15, 0.2) is 11.7 Å². The molecule has 35 heavy (non-hydrogen) atoms. The molecule has 10 heteroatoms. The molecular formula is C25H29N5O4S. The van der Waals surface area contributed by atoms with Gasteiger partial charge in [-0.3, -0.25) is 19.3 Å². The van der Waals surface area contributed by atoms with E-state index in [9.17, 15) is 14.4 Å². The Labute approximate surface area is 207 Å². The van der Waals surface area contributed by atoms with Crippen LogP contribution < -0.4 is 21.7 Å². The normalized spacial score (nSPS) is 14.9. The van der Waals surface area contributed by atoms with E-state index >= 15 is 0 Å². The number of rotatable bonds is 7. The SMILES string of the molecule is Cc1cccc(N(C(=O)c2snc(C(N)=O)c2N)C(C(=O)NC2CCCCC2)c2ccc(C)o2)c1. The lowest BCUT2D eigenvalue weighted by molar-refractivity contribution is -0.123. The molecule has 4 rings (SSSR count). The van der Waals surface area contributed by atoms with E-state index in [1.54, 1.807) is 37.3 Å². The van der Waals surface area contributed by atoms with Crippen LogP contribution in [-0.4, -0.2) is 28.1 Å². The lowest BCUT2D eigenvalue weighted by Crippen LogP contribution is -2.47. The Kier molecular flexibility index (Phi) is 7.20.